The summed E-state index contributed by atoms with van der Waals surface area (Å²) in [4.78, 5) is 31.0. The first-order valence-corrected chi connectivity index (χ1v) is 11.4. The minimum atomic E-state index is -0.0388. The molecule has 7 heteroatoms. The van der Waals surface area contributed by atoms with Gasteiger partial charge in [-0.05, 0) is 53.6 Å². The van der Waals surface area contributed by atoms with Gasteiger partial charge in [0.15, 0.2) is 0 Å². The lowest BCUT2D eigenvalue weighted by Gasteiger charge is -2.21. The average Bonchev–Trinajstić information content (AvgIpc) is 3.46. The molecule has 29 heavy (non-hydrogen) atoms. The predicted molar refractivity (Wildman–Crippen MR) is 119 cm³/mol. The first kappa shape index (κ1) is 19.8. The Kier molecular flexibility index (Phi) is 6.39. The lowest BCUT2D eigenvalue weighted by molar-refractivity contribution is -0.118. The Bertz CT molecular complexity index is 901. The molecule has 1 N–H and O–H groups in total. The van der Waals surface area contributed by atoms with Crippen LogP contribution in [-0.4, -0.2) is 29.8 Å². The van der Waals surface area contributed by atoms with E-state index in [9.17, 15) is 9.59 Å². The normalized spacial score (nSPS) is 14.0. The van der Waals surface area contributed by atoms with Gasteiger partial charge in [-0.15, -0.1) is 22.7 Å². The van der Waals surface area contributed by atoms with Gasteiger partial charge in [0.25, 0.3) is 0 Å². The molecular formula is C22H23N3O2S2. The Balaban J connectivity index is 1.37. The molecule has 1 aromatic carbocycles. The van der Waals surface area contributed by atoms with Crippen LogP contribution < -0.4 is 10.2 Å². The maximum atomic E-state index is 12.7. The van der Waals surface area contributed by atoms with Gasteiger partial charge in [-0.2, -0.15) is 0 Å². The van der Waals surface area contributed by atoms with E-state index in [4.69, 9.17) is 0 Å². The van der Waals surface area contributed by atoms with Gasteiger partial charge in [0, 0.05) is 47.2 Å². The number of benzene rings is 1. The summed E-state index contributed by atoms with van der Waals surface area (Å²) in [6.45, 7) is 2.59. The van der Waals surface area contributed by atoms with Crippen molar-refractivity contribution in [1.29, 1.82) is 0 Å². The van der Waals surface area contributed by atoms with E-state index in [2.05, 4.69) is 33.1 Å². The van der Waals surface area contributed by atoms with Crippen LogP contribution in [0.5, 0.6) is 0 Å². The van der Waals surface area contributed by atoms with Crippen LogP contribution in [0.4, 0.5) is 11.4 Å². The van der Waals surface area contributed by atoms with E-state index in [-0.39, 0.29) is 11.8 Å². The minimum Gasteiger partial charge on any atom is -0.325 e. The molecule has 5 nitrogen and oxygen atoms in total. The zero-order valence-electron chi connectivity index (χ0n) is 16.0. The second kappa shape index (κ2) is 9.35. The van der Waals surface area contributed by atoms with Crippen LogP contribution in [0.15, 0.2) is 59.3 Å². The van der Waals surface area contributed by atoms with Crippen molar-refractivity contribution in [1.82, 2.24) is 4.90 Å². The number of nitrogens with one attached hydrogen (secondary N) is 1. The fraction of sp³-hybridized carbons (Fsp3) is 0.273. The lowest BCUT2D eigenvalue weighted by Crippen LogP contribution is -2.32. The van der Waals surface area contributed by atoms with Crippen molar-refractivity contribution in [3.05, 3.63) is 69.0 Å². The Morgan fingerprint density at radius 2 is 1.66 bits per heavy atom. The molecule has 1 aliphatic rings. The molecule has 1 aliphatic heterocycles. The van der Waals surface area contributed by atoms with Crippen molar-refractivity contribution in [2.24, 2.45) is 0 Å². The largest absolute Gasteiger partial charge is 0.325 e. The van der Waals surface area contributed by atoms with Gasteiger partial charge in [0.2, 0.25) is 11.8 Å². The summed E-state index contributed by atoms with van der Waals surface area (Å²) in [6.07, 6.45) is 1.52. The third-order valence-electron chi connectivity index (χ3n) is 4.82. The molecule has 4 rings (SSSR count). The van der Waals surface area contributed by atoms with Gasteiger partial charge >= 0.3 is 0 Å². The first-order valence-electron chi connectivity index (χ1n) is 9.65. The van der Waals surface area contributed by atoms with Crippen LogP contribution in [0.25, 0.3) is 0 Å². The first-order chi connectivity index (χ1) is 14.2. The van der Waals surface area contributed by atoms with Crippen molar-refractivity contribution >= 4 is 45.9 Å². The van der Waals surface area contributed by atoms with Crippen LogP contribution >= 0.6 is 22.7 Å². The van der Waals surface area contributed by atoms with E-state index in [0.717, 1.165) is 37.4 Å². The fourth-order valence-corrected chi connectivity index (χ4v) is 4.96. The van der Waals surface area contributed by atoms with Crippen molar-refractivity contribution in [3.8, 4) is 0 Å². The Hall–Kier alpha value is -2.48. The topological polar surface area (TPSA) is 52.7 Å². The van der Waals surface area contributed by atoms with Crippen LogP contribution in [-0.2, 0) is 22.7 Å². The molecule has 0 atom stereocenters. The quantitative estimate of drug-likeness (QED) is 0.575. The number of thiophene rings is 2. The van der Waals surface area contributed by atoms with Gasteiger partial charge in [-0.25, -0.2) is 0 Å². The number of hydrogen-bond acceptors (Lipinski definition) is 5. The third-order valence-corrected chi connectivity index (χ3v) is 6.54. The highest BCUT2D eigenvalue weighted by Gasteiger charge is 2.21. The standard InChI is InChI=1S/C22H23N3O2S2/c26-21(23-17-7-9-18(10-8-17)25-11-1-6-22(25)27)16-24(14-19-4-2-12-28-19)15-20-5-3-13-29-20/h2-5,7-10,12-13H,1,6,11,14-16H2,(H,23,26). The van der Waals surface area contributed by atoms with Crippen LogP contribution in [0.2, 0.25) is 0 Å². The monoisotopic (exact) mass is 425 g/mol. The van der Waals surface area contributed by atoms with E-state index in [0.29, 0.717) is 13.0 Å². The molecule has 150 valence electrons. The highest BCUT2D eigenvalue weighted by Crippen LogP contribution is 2.23. The SMILES string of the molecule is O=C(CN(Cc1cccs1)Cc1cccs1)Nc1ccc(N2CCCC2=O)cc1. The summed E-state index contributed by atoms with van der Waals surface area (Å²) in [7, 11) is 0. The zero-order valence-corrected chi connectivity index (χ0v) is 17.7. The molecular weight excluding hydrogens is 402 g/mol. The summed E-state index contributed by atoms with van der Waals surface area (Å²) >= 11 is 3.41. The van der Waals surface area contributed by atoms with Crippen LogP contribution in [0.3, 0.4) is 0 Å². The number of rotatable bonds is 8. The molecule has 0 bridgehead atoms. The minimum absolute atomic E-state index is 0.0388. The summed E-state index contributed by atoms with van der Waals surface area (Å²) in [5.41, 5.74) is 1.64. The van der Waals surface area contributed by atoms with Gasteiger partial charge < -0.3 is 10.2 Å². The molecule has 3 heterocycles. The Morgan fingerprint density at radius 1 is 1.00 bits per heavy atom. The van der Waals surface area contributed by atoms with E-state index in [1.165, 1.54) is 9.75 Å². The Labute approximate surface area is 178 Å². The molecule has 3 aromatic rings. The molecule has 0 aliphatic carbocycles. The smallest absolute Gasteiger partial charge is 0.238 e. The third kappa shape index (κ3) is 5.32. The number of carbonyl (C=O) groups is 2. The molecule has 2 aromatic heterocycles. The summed E-state index contributed by atoms with van der Waals surface area (Å²) in [6, 6.07) is 15.8. The van der Waals surface area contributed by atoms with Gasteiger partial charge in [-0.1, -0.05) is 12.1 Å². The highest BCUT2D eigenvalue weighted by atomic mass is 32.1. The molecule has 0 spiro atoms. The van der Waals surface area contributed by atoms with E-state index in [1.807, 2.05) is 36.4 Å². The zero-order chi connectivity index (χ0) is 20.1. The van der Waals surface area contributed by atoms with Crippen molar-refractivity contribution in [2.75, 3.05) is 23.3 Å². The van der Waals surface area contributed by atoms with Crippen molar-refractivity contribution in [2.45, 2.75) is 25.9 Å². The molecule has 1 saturated heterocycles. The average molecular weight is 426 g/mol. The van der Waals surface area contributed by atoms with Gasteiger partial charge in [0.1, 0.15) is 0 Å². The van der Waals surface area contributed by atoms with E-state index < -0.39 is 0 Å². The highest BCUT2D eigenvalue weighted by molar-refractivity contribution is 7.10. The van der Waals surface area contributed by atoms with E-state index in [1.54, 1.807) is 27.6 Å². The maximum absolute atomic E-state index is 12.7. The number of amides is 2. The summed E-state index contributed by atoms with van der Waals surface area (Å²) in [5, 5.41) is 7.11. The number of carbonyl (C=O) groups excluding carboxylic acids is 2. The molecule has 0 unspecified atom stereocenters. The predicted octanol–water partition coefficient (Wildman–Crippen LogP) is 4.58. The Morgan fingerprint density at radius 3 is 2.17 bits per heavy atom. The second-order valence-corrected chi connectivity index (χ2v) is 9.11. The number of anilines is 2. The van der Waals surface area contributed by atoms with Gasteiger partial charge in [0.05, 0.1) is 6.54 Å². The summed E-state index contributed by atoms with van der Waals surface area (Å²) in [5.74, 6) is 0.127. The molecule has 0 radical (unpaired) electrons. The number of hydrogen-bond donors (Lipinski definition) is 1. The molecule has 2 amide bonds. The lowest BCUT2D eigenvalue weighted by atomic mass is 10.2. The van der Waals surface area contributed by atoms with Crippen LogP contribution in [0.1, 0.15) is 22.6 Å². The van der Waals surface area contributed by atoms with Crippen molar-refractivity contribution in [3.63, 3.8) is 0 Å². The second-order valence-electron chi connectivity index (χ2n) is 7.05. The summed E-state index contributed by atoms with van der Waals surface area (Å²) < 4.78 is 0. The fourth-order valence-electron chi connectivity index (χ4n) is 3.46. The van der Waals surface area contributed by atoms with E-state index >= 15 is 0 Å². The number of nitrogens with zero attached hydrogens (tertiary/aromatic N) is 2. The maximum Gasteiger partial charge on any atom is 0.238 e. The van der Waals surface area contributed by atoms with Crippen molar-refractivity contribution < 1.29 is 9.59 Å². The molecule has 0 saturated carbocycles. The molecule has 1 fully saturated rings. The van der Waals surface area contributed by atoms with Gasteiger partial charge in [-0.3, -0.25) is 14.5 Å². The van der Waals surface area contributed by atoms with Crippen LogP contribution in [0, 0.1) is 0 Å².